The van der Waals surface area contributed by atoms with Gasteiger partial charge in [-0.1, -0.05) is 24.3 Å². The van der Waals surface area contributed by atoms with Crippen molar-refractivity contribution in [1.82, 2.24) is 0 Å². The molecule has 4 aromatic carbocycles. The van der Waals surface area contributed by atoms with E-state index in [2.05, 4.69) is 4.72 Å². The van der Waals surface area contributed by atoms with Crippen molar-refractivity contribution in [3.8, 4) is 23.0 Å². The zero-order chi connectivity index (χ0) is 32.6. The number of methoxy groups -OCH3 is 1. The van der Waals surface area contributed by atoms with Crippen molar-refractivity contribution in [2.75, 3.05) is 36.2 Å². The Morgan fingerprint density at radius 1 is 0.889 bits per heavy atom. The van der Waals surface area contributed by atoms with Crippen LogP contribution in [-0.4, -0.2) is 41.0 Å². The Morgan fingerprint density at radius 2 is 1.60 bits per heavy atom. The molecular formula is C33H34F2N2O7S. The molecule has 4 rings (SSSR count). The number of hydrogen-bond acceptors (Lipinski definition) is 8. The van der Waals surface area contributed by atoms with Crippen molar-refractivity contribution in [2.24, 2.45) is 0 Å². The lowest BCUT2D eigenvalue weighted by atomic mass is 10.1. The van der Waals surface area contributed by atoms with Crippen molar-refractivity contribution in [2.45, 2.75) is 26.9 Å². The maximum absolute atomic E-state index is 14.7. The summed E-state index contributed by atoms with van der Waals surface area (Å²) >= 11 is 0. The summed E-state index contributed by atoms with van der Waals surface area (Å²) in [6, 6.07) is 20.7. The van der Waals surface area contributed by atoms with Crippen LogP contribution in [0.5, 0.6) is 23.0 Å². The molecule has 1 N–H and O–H groups in total. The molecule has 238 valence electrons. The van der Waals surface area contributed by atoms with Gasteiger partial charge in [0, 0.05) is 48.6 Å². The van der Waals surface area contributed by atoms with Crippen molar-refractivity contribution >= 4 is 27.4 Å². The van der Waals surface area contributed by atoms with Gasteiger partial charge in [-0.25, -0.2) is 22.0 Å². The Morgan fingerprint density at radius 3 is 2.27 bits per heavy atom. The number of benzene rings is 4. The predicted molar refractivity (Wildman–Crippen MR) is 168 cm³/mol. The third-order valence-electron chi connectivity index (χ3n) is 6.60. The summed E-state index contributed by atoms with van der Waals surface area (Å²) in [5.74, 6) is -0.105. The summed E-state index contributed by atoms with van der Waals surface area (Å²) in [6.45, 7) is 3.86. The van der Waals surface area contributed by atoms with Crippen LogP contribution in [0.2, 0.25) is 0 Å². The van der Waals surface area contributed by atoms with Gasteiger partial charge in [0.2, 0.25) is 10.0 Å². The molecule has 0 aliphatic rings. The topological polar surface area (TPSA) is 103 Å². The first-order chi connectivity index (χ1) is 21.4. The van der Waals surface area contributed by atoms with Crippen LogP contribution in [0.4, 0.5) is 20.2 Å². The van der Waals surface area contributed by atoms with E-state index in [4.69, 9.17) is 18.9 Å². The second-order valence-electron chi connectivity index (χ2n) is 10.1. The average molecular weight is 641 g/mol. The number of anilines is 2. The van der Waals surface area contributed by atoms with Crippen molar-refractivity contribution < 1.29 is 40.9 Å². The summed E-state index contributed by atoms with van der Waals surface area (Å²) in [7, 11) is -2.04. The zero-order valence-corrected chi connectivity index (χ0v) is 26.1. The maximum atomic E-state index is 14.7. The van der Waals surface area contributed by atoms with Gasteiger partial charge in [-0.2, -0.15) is 0 Å². The van der Waals surface area contributed by atoms with E-state index in [-0.39, 0.29) is 25.3 Å². The van der Waals surface area contributed by atoms with Crippen molar-refractivity contribution in [3.63, 3.8) is 0 Å². The van der Waals surface area contributed by atoms with Gasteiger partial charge < -0.3 is 23.8 Å². The third kappa shape index (κ3) is 9.57. The SMILES string of the molecule is CCOC(=O)COc1cc(OC)cc(Oc2ccc(CN(Cc3ccc(F)cc3F)c3cccc(NS(C)(=O)=O)c3C)cc2)c1. The number of rotatable bonds is 14. The number of nitrogens with one attached hydrogen (secondary N) is 1. The van der Waals surface area contributed by atoms with Gasteiger partial charge in [0.25, 0.3) is 0 Å². The Hall–Kier alpha value is -4.84. The molecule has 0 aliphatic carbocycles. The smallest absolute Gasteiger partial charge is 0.344 e. The molecule has 0 fully saturated rings. The number of ether oxygens (including phenoxy) is 4. The van der Waals surface area contributed by atoms with E-state index in [9.17, 15) is 22.0 Å². The first-order valence-corrected chi connectivity index (χ1v) is 15.8. The Kier molecular flexibility index (Phi) is 10.8. The van der Waals surface area contributed by atoms with Gasteiger partial charge in [0.15, 0.2) is 6.61 Å². The quantitative estimate of drug-likeness (QED) is 0.154. The van der Waals surface area contributed by atoms with Crippen LogP contribution in [0.3, 0.4) is 0 Å². The minimum absolute atomic E-state index is 0.0892. The molecule has 0 unspecified atom stereocenters. The van der Waals surface area contributed by atoms with Crippen LogP contribution >= 0.6 is 0 Å². The van der Waals surface area contributed by atoms with Crippen LogP contribution in [0.15, 0.2) is 78.9 Å². The Labute approximate surface area is 261 Å². The fraction of sp³-hybridized carbons (Fsp3) is 0.242. The first kappa shape index (κ1) is 33.1. The van der Waals surface area contributed by atoms with Crippen molar-refractivity contribution in [1.29, 1.82) is 0 Å². The maximum Gasteiger partial charge on any atom is 0.344 e. The minimum atomic E-state index is -3.54. The van der Waals surface area contributed by atoms with E-state index in [1.54, 1.807) is 56.3 Å². The molecule has 0 amide bonds. The van der Waals surface area contributed by atoms with Gasteiger partial charge in [0.1, 0.15) is 34.6 Å². The highest BCUT2D eigenvalue weighted by molar-refractivity contribution is 7.92. The van der Waals surface area contributed by atoms with Crippen LogP contribution in [0, 0.1) is 18.6 Å². The lowest BCUT2D eigenvalue weighted by molar-refractivity contribution is -0.145. The van der Waals surface area contributed by atoms with Gasteiger partial charge in [-0.15, -0.1) is 0 Å². The van der Waals surface area contributed by atoms with E-state index < -0.39 is 27.6 Å². The third-order valence-corrected chi connectivity index (χ3v) is 7.19. The summed E-state index contributed by atoms with van der Waals surface area (Å²) in [5, 5.41) is 0. The van der Waals surface area contributed by atoms with Gasteiger partial charge >= 0.3 is 5.97 Å². The molecule has 0 aliphatic heterocycles. The lowest BCUT2D eigenvalue weighted by Crippen LogP contribution is -2.24. The minimum Gasteiger partial charge on any atom is -0.496 e. The molecule has 9 nitrogen and oxygen atoms in total. The molecule has 4 aromatic rings. The molecule has 0 saturated heterocycles. The van der Waals surface area contributed by atoms with E-state index in [0.29, 0.717) is 46.5 Å². The van der Waals surface area contributed by atoms with Crippen molar-refractivity contribution in [3.05, 3.63) is 107 Å². The van der Waals surface area contributed by atoms with E-state index in [1.807, 2.05) is 23.1 Å². The highest BCUT2D eigenvalue weighted by atomic mass is 32.2. The van der Waals surface area contributed by atoms with E-state index >= 15 is 0 Å². The Balaban J connectivity index is 1.57. The largest absolute Gasteiger partial charge is 0.496 e. The molecule has 0 radical (unpaired) electrons. The van der Waals surface area contributed by atoms with Crippen LogP contribution in [0.25, 0.3) is 0 Å². The monoisotopic (exact) mass is 640 g/mol. The summed E-state index contributed by atoms with van der Waals surface area (Å²) < 4.78 is 76.5. The molecule has 0 atom stereocenters. The number of carbonyl (C=O) groups is 1. The van der Waals surface area contributed by atoms with Gasteiger partial charge in [0.05, 0.1) is 25.7 Å². The summed E-state index contributed by atoms with van der Waals surface area (Å²) in [5.41, 5.74) is 2.82. The van der Waals surface area contributed by atoms with Gasteiger partial charge in [-0.05, 0) is 55.3 Å². The second-order valence-corrected chi connectivity index (χ2v) is 11.8. The van der Waals surface area contributed by atoms with Crippen LogP contribution in [-0.2, 0) is 32.6 Å². The fourth-order valence-corrected chi connectivity index (χ4v) is 5.15. The summed E-state index contributed by atoms with van der Waals surface area (Å²) in [4.78, 5) is 13.6. The highest BCUT2D eigenvalue weighted by Gasteiger charge is 2.17. The summed E-state index contributed by atoms with van der Waals surface area (Å²) in [6.07, 6.45) is 1.07. The van der Waals surface area contributed by atoms with Crippen LogP contribution < -0.4 is 23.8 Å². The van der Waals surface area contributed by atoms with E-state index in [0.717, 1.165) is 17.9 Å². The average Bonchev–Trinajstić information content (AvgIpc) is 2.98. The predicted octanol–water partition coefficient (Wildman–Crippen LogP) is 6.59. The number of hydrogen-bond donors (Lipinski definition) is 1. The highest BCUT2D eigenvalue weighted by Crippen LogP contribution is 2.33. The number of esters is 1. The van der Waals surface area contributed by atoms with Crippen LogP contribution in [0.1, 0.15) is 23.6 Å². The molecule has 0 bridgehead atoms. The normalized spacial score (nSPS) is 11.1. The number of halogens is 2. The van der Waals surface area contributed by atoms with E-state index in [1.165, 1.54) is 19.2 Å². The zero-order valence-electron chi connectivity index (χ0n) is 25.3. The number of carbonyl (C=O) groups excluding carboxylic acids is 1. The van der Waals surface area contributed by atoms with Gasteiger partial charge in [-0.3, -0.25) is 4.72 Å². The molecular weight excluding hydrogens is 606 g/mol. The molecule has 0 spiro atoms. The molecule has 0 aromatic heterocycles. The molecule has 12 heteroatoms. The second kappa shape index (κ2) is 14.8. The standard InChI is InChI=1S/C33H34F2N2O7S/c1-5-42-33(38)21-43-28-16-27(41-3)17-29(18-28)44-26-13-9-23(10-14-26)19-37(20-24-11-12-25(34)15-30(24)35)32-8-6-7-31(22(32)2)36-45(4,39)40/h6-18,36H,5,19-21H2,1-4H3. The Bertz CT molecular complexity index is 1750. The molecule has 0 heterocycles. The lowest BCUT2D eigenvalue weighted by Gasteiger charge is -2.28. The number of nitrogens with zero attached hydrogens (tertiary/aromatic N) is 1. The molecule has 45 heavy (non-hydrogen) atoms. The fourth-order valence-electron chi connectivity index (χ4n) is 4.53. The number of sulfonamides is 1. The molecule has 0 saturated carbocycles. The first-order valence-electron chi connectivity index (χ1n) is 13.9.